The number of nitrogens with two attached hydrogens (primary N) is 1. The number of anilines is 1. The average Bonchev–Trinajstić information content (AvgIpc) is 2.90. The first-order chi connectivity index (χ1) is 10.6. The third-order valence-corrected chi connectivity index (χ3v) is 5.12. The Bertz CT molecular complexity index is 646. The maximum absolute atomic E-state index is 13.8. The zero-order valence-corrected chi connectivity index (χ0v) is 15.8. The van der Waals surface area contributed by atoms with E-state index in [-0.39, 0.29) is 18.2 Å². The first-order valence-corrected chi connectivity index (χ1v) is 8.80. The van der Waals surface area contributed by atoms with Gasteiger partial charge in [-0.25, -0.2) is 9.37 Å². The van der Waals surface area contributed by atoms with Crippen LogP contribution in [0.4, 0.5) is 9.52 Å². The number of halogens is 3. The highest BCUT2D eigenvalue weighted by molar-refractivity contribution is 9.10. The zero-order chi connectivity index (χ0) is 15.5. The van der Waals surface area contributed by atoms with E-state index in [1.807, 2.05) is 12.3 Å². The van der Waals surface area contributed by atoms with Crippen LogP contribution in [0.2, 0.25) is 0 Å². The summed E-state index contributed by atoms with van der Waals surface area (Å²) in [6.07, 6.45) is 1.85. The molecule has 4 nitrogen and oxygen atoms in total. The van der Waals surface area contributed by atoms with Gasteiger partial charge in [-0.05, 0) is 18.2 Å². The highest BCUT2D eigenvalue weighted by atomic mass is 79.9. The molecule has 1 aliphatic rings. The second-order valence-corrected chi connectivity index (χ2v) is 7.52. The molecule has 3 rings (SSSR count). The van der Waals surface area contributed by atoms with Crippen LogP contribution in [0.5, 0.6) is 0 Å². The first-order valence-electron chi connectivity index (χ1n) is 7.19. The van der Waals surface area contributed by atoms with Crippen molar-refractivity contribution in [3.8, 4) is 0 Å². The molecule has 1 saturated heterocycles. The lowest BCUT2D eigenvalue weighted by Crippen LogP contribution is -2.45. The molecule has 126 valence electrons. The lowest BCUT2D eigenvalue weighted by Gasteiger charge is -2.34. The molecule has 0 atom stereocenters. The highest BCUT2D eigenvalue weighted by Crippen LogP contribution is 2.20. The van der Waals surface area contributed by atoms with E-state index in [1.54, 1.807) is 17.4 Å². The van der Waals surface area contributed by atoms with Gasteiger partial charge in [-0.15, -0.1) is 23.7 Å². The number of piperazine rings is 1. The fourth-order valence-electron chi connectivity index (χ4n) is 2.63. The van der Waals surface area contributed by atoms with Gasteiger partial charge < -0.3 is 5.73 Å². The lowest BCUT2D eigenvalue weighted by molar-refractivity contribution is 0.122. The monoisotopic (exact) mass is 420 g/mol. The van der Waals surface area contributed by atoms with Crippen LogP contribution in [0, 0.1) is 5.82 Å². The van der Waals surface area contributed by atoms with Gasteiger partial charge in [0.15, 0.2) is 5.13 Å². The average molecular weight is 422 g/mol. The van der Waals surface area contributed by atoms with Crippen molar-refractivity contribution >= 4 is 44.8 Å². The molecule has 2 heterocycles. The number of thiazole rings is 1. The molecule has 1 fully saturated rings. The topological polar surface area (TPSA) is 45.4 Å². The van der Waals surface area contributed by atoms with Crippen LogP contribution in [0.1, 0.15) is 10.4 Å². The summed E-state index contributed by atoms with van der Waals surface area (Å²) in [6.45, 7) is 5.40. The van der Waals surface area contributed by atoms with Crippen LogP contribution >= 0.6 is 39.7 Å². The van der Waals surface area contributed by atoms with E-state index >= 15 is 0 Å². The molecule has 1 aliphatic heterocycles. The molecule has 1 aromatic carbocycles. The molecule has 8 heteroatoms. The number of benzene rings is 1. The standard InChI is InChI=1S/C15H18BrFN4S.ClH/c16-12-1-2-14(17)11(7-12)9-20-3-5-21(6-4-20)10-13-8-19-15(18)22-13;/h1-2,7-8H,3-6,9-10H2,(H2,18,19);1H. The van der Waals surface area contributed by atoms with Gasteiger partial charge in [0.1, 0.15) is 5.82 Å². The van der Waals surface area contributed by atoms with E-state index in [2.05, 4.69) is 30.7 Å². The smallest absolute Gasteiger partial charge is 0.180 e. The van der Waals surface area contributed by atoms with Crippen LogP contribution in [-0.4, -0.2) is 41.0 Å². The summed E-state index contributed by atoms with van der Waals surface area (Å²) in [5.41, 5.74) is 6.41. The van der Waals surface area contributed by atoms with Crippen LogP contribution in [0.25, 0.3) is 0 Å². The van der Waals surface area contributed by atoms with E-state index in [9.17, 15) is 4.39 Å². The van der Waals surface area contributed by atoms with Crippen molar-refractivity contribution in [3.63, 3.8) is 0 Å². The van der Waals surface area contributed by atoms with Gasteiger partial charge in [0.05, 0.1) is 0 Å². The Labute approximate surface area is 154 Å². The van der Waals surface area contributed by atoms with Gasteiger partial charge in [0, 0.05) is 60.4 Å². The number of hydrogen-bond donors (Lipinski definition) is 1. The SMILES string of the molecule is Cl.Nc1ncc(CN2CCN(Cc3cc(Br)ccc3F)CC2)s1. The van der Waals surface area contributed by atoms with E-state index in [1.165, 1.54) is 10.9 Å². The summed E-state index contributed by atoms with van der Waals surface area (Å²) in [6, 6.07) is 5.11. The van der Waals surface area contributed by atoms with Crippen LogP contribution in [0.15, 0.2) is 28.9 Å². The van der Waals surface area contributed by atoms with Crippen LogP contribution < -0.4 is 5.73 Å². The Morgan fingerprint density at radius 3 is 2.43 bits per heavy atom. The Hall–Kier alpha value is -0.730. The van der Waals surface area contributed by atoms with Crippen molar-refractivity contribution in [2.45, 2.75) is 13.1 Å². The minimum Gasteiger partial charge on any atom is -0.375 e. The predicted octanol–water partition coefficient (Wildman–Crippen LogP) is 3.37. The second-order valence-electron chi connectivity index (χ2n) is 5.45. The quantitative estimate of drug-likeness (QED) is 0.822. The fourth-order valence-corrected chi connectivity index (χ4v) is 3.76. The molecular weight excluding hydrogens is 403 g/mol. The fraction of sp³-hybridized carbons (Fsp3) is 0.400. The van der Waals surface area contributed by atoms with Gasteiger partial charge in [0.25, 0.3) is 0 Å². The normalized spacial score (nSPS) is 16.3. The van der Waals surface area contributed by atoms with Crippen molar-refractivity contribution in [2.75, 3.05) is 31.9 Å². The summed E-state index contributed by atoms with van der Waals surface area (Å²) in [4.78, 5) is 9.97. The molecule has 0 bridgehead atoms. The minimum atomic E-state index is -0.134. The van der Waals surface area contributed by atoms with Crippen molar-refractivity contribution in [1.29, 1.82) is 0 Å². The highest BCUT2D eigenvalue weighted by Gasteiger charge is 2.18. The Morgan fingerprint density at radius 1 is 1.17 bits per heavy atom. The molecule has 0 spiro atoms. The van der Waals surface area contributed by atoms with Gasteiger partial charge >= 0.3 is 0 Å². The Balaban J connectivity index is 0.00000192. The van der Waals surface area contributed by atoms with E-state index in [0.717, 1.165) is 42.8 Å². The predicted molar refractivity (Wildman–Crippen MR) is 98.4 cm³/mol. The zero-order valence-electron chi connectivity index (χ0n) is 12.5. The van der Waals surface area contributed by atoms with E-state index < -0.39 is 0 Å². The summed E-state index contributed by atoms with van der Waals surface area (Å²) < 4.78 is 14.7. The number of rotatable bonds is 4. The van der Waals surface area contributed by atoms with Crippen molar-refractivity contribution in [2.24, 2.45) is 0 Å². The molecule has 2 N–H and O–H groups in total. The van der Waals surface area contributed by atoms with Crippen molar-refractivity contribution in [1.82, 2.24) is 14.8 Å². The van der Waals surface area contributed by atoms with Gasteiger partial charge in [-0.3, -0.25) is 9.80 Å². The maximum atomic E-state index is 13.8. The lowest BCUT2D eigenvalue weighted by atomic mass is 10.2. The second kappa shape index (κ2) is 8.39. The summed E-state index contributed by atoms with van der Waals surface area (Å²) >= 11 is 4.95. The van der Waals surface area contributed by atoms with Gasteiger partial charge in [-0.1, -0.05) is 15.9 Å². The van der Waals surface area contributed by atoms with Crippen molar-refractivity contribution in [3.05, 3.63) is 45.1 Å². The number of nitrogen functional groups attached to an aromatic ring is 1. The molecule has 23 heavy (non-hydrogen) atoms. The molecular formula is C15H19BrClFN4S. The van der Waals surface area contributed by atoms with Crippen LogP contribution in [0.3, 0.4) is 0 Å². The van der Waals surface area contributed by atoms with Gasteiger partial charge in [-0.2, -0.15) is 0 Å². The maximum Gasteiger partial charge on any atom is 0.180 e. The number of hydrogen-bond acceptors (Lipinski definition) is 5. The summed E-state index contributed by atoms with van der Waals surface area (Å²) in [5.74, 6) is -0.134. The summed E-state index contributed by atoms with van der Waals surface area (Å²) in [5, 5.41) is 0.624. The molecule has 1 aromatic heterocycles. The number of aromatic nitrogens is 1. The third kappa shape index (κ3) is 5.12. The van der Waals surface area contributed by atoms with Crippen LogP contribution in [-0.2, 0) is 13.1 Å². The number of nitrogens with zero attached hydrogens (tertiary/aromatic N) is 3. The largest absolute Gasteiger partial charge is 0.375 e. The summed E-state index contributed by atoms with van der Waals surface area (Å²) in [7, 11) is 0. The third-order valence-electron chi connectivity index (χ3n) is 3.82. The first kappa shape index (κ1) is 18.6. The molecule has 0 aliphatic carbocycles. The Kier molecular flexibility index (Phi) is 6.79. The molecule has 0 radical (unpaired) electrons. The Morgan fingerprint density at radius 2 is 1.83 bits per heavy atom. The molecule has 2 aromatic rings. The molecule has 0 amide bonds. The molecule has 0 saturated carbocycles. The molecule has 0 unspecified atom stereocenters. The van der Waals surface area contributed by atoms with Gasteiger partial charge in [0.2, 0.25) is 0 Å². The minimum absolute atomic E-state index is 0. The van der Waals surface area contributed by atoms with E-state index in [4.69, 9.17) is 5.73 Å². The van der Waals surface area contributed by atoms with E-state index in [0.29, 0.717) is 11.7 Å². The van der Waals surface area contributed by atoms with Crippen molar-refractivity contribution < 1.29 is 4.39 Å².